The minimum Gasteiger partial charge on any atom is -0.489 e. The van der Waals surface area contributed by atoms with Crippen LogP contribution in [-0.2, 0) is 0 Å². The van der Waals surface area contributed by atoms with Crippen molar-refractivity contribution < 1.29 is 9.13 Å². The van der Waals surface area contributed by atoms with Gasteiger partial charge in [0, 0.05) is 16.2 Å². The molecular weight excluding hydrogens is 337 g/mol. The number of nitrogens with one attached hydrogen (secondary N) is 1. The smallest absolute Gasteiger partial charge is 0.138 e. The first-order chi connectivity index (χ1) is 10.0. The van der Waals surface area contributed by atoms with Crippen molar-refractivity contribution in [1.29, 1.82) is 0 Å². The Balaban J connectivity index is 2.37. The van der Waals surface area contributed by atoms with Gasteiger partial charge in [0.25, 0.3) is 0 Å². The summed E-state index contributed by atoms with van der Waals surface area (Å²) in [6, 6.07) is 6.16. The highest BCUT2D eigenvalue weighted by atomic mass is 79.9. The first kappa shape index (κ1) is 15.9. The zero-order valence-electron chi connectivity index (χ0n) is 11.8. The molecule has 0 aliphatic rings. The van der Waals surface area contributed by atoms with Gasteiger partial charge >= 0.3 is 0 Å². The molecule has 6 heteroatoms. The highest BCUT2D eigenvalue weighted by Gasteiger charge is 2.18. The molecule has 1 atom stereocenters. The number of nitrogens with two attached hydrogens (primary N) is 1. The molecule has 112 valence electrons. The van der Waals surface area contributed by atoms with Gasteiger partial charge in [0.1, 0.15) is 11.6 Å². The van der Waals surface area contributed by atoms with Gasteiger partial charge in [0.2, 0.25) is 0 Å². The topological polar surface area (TPSA) is 60.2 Å². The molecule has 0 saturated carbocycles. The Kier molecular flexibility index (Phi) is 5.27. The molecule has 0 saturated heterocycles. The maximum absolute atomic E-state index is 14.1. The van der Waals surface area contributed by atoms with Crippen LogP contribution in [0.5, 0.6) is 5.75 Å². The van der Waals surface area contributed by atoms with Crippen LogP contribution in [0.2, 0.25) is 0 Å². The van der Waals surface area contributed by atoms with Gasteiger partial charge in [-0.2, -0.15) is 0 Å². The van der Waals surface area contributed by atoms with Gasteiger partial charge in [-0.25, -0.2) is 9.82 Å². The Labute approximate surface area is 131 Å². The third-order valence-corrected chi connectivity index (χ3v) is 3.37. The first-order valence-corrected chi connectivity index (χ1v) is 7.33. The van der Waals surface area contributed by atoms with Gasteiger partial charge in [0.05, 0.1) is 18.3 Å². The lowest BCUT2D eigenvalue weighted by Crippen LogP contribution is -2.29. The largest absolute Gasteiger partial charge is 0.489 e. The van der Waals surface area contributed by atoms with Crippen LogP contribution in [0.3, 0.4) is 0 Å². The number of halogens is 2. The Morgan fingerprint density at radius 1 is 1.29 bits per heavy atom. The summed E-state index contributed by atoms with van der Waals surface area (Å²) in [6.45, 7) is 3.86. The molecule has 0 amide bonds. The van der Waals surface area contributed by atoms with E-state index in [1.807, 2.05) is 13.8 Å². The quantitative estimate of drug-likeness (QED) is 0.639. The van der Waals surface area contributed by atoms with Gasteiger partial charge in [-0.1, -0.05) is 22.0 Å². The van der Waals surface area contributed by atoms with Crippen molar-refractivity contribution in [3.05, 3.63) is 58.1 Å². The number of rotatable bonds is 5. The van der Waals surface area contributed by atoms with Gasteiger partial charge in [0.15, 0.2) is 0 Å². The zero-order valence-corrected chi connectivity index (χ0v) is 13.4. The molecule has 1 unspecified atom stereocenters. The second kappa shape index (κ2) is 6.98. The van der Waals surface area contributed by atoms with Crippen LogP contribution < -0.4 is 16.0 Å². The maximum atomic E-state index is 14.1. The molecule has 2 aromatic rings. The maximum Gasteiger partial charge on any atom is 0.138 e. The molecular formula is C15H17BrFN3O. The summed E-state index contributed by atoms with van der Waals surface area (Å²) in [5, 5.41) is 0. The molecule has 21 heavy (non-hydrogen) atoms. The molecule has 0 aliphatic carbocycles. The molecule has 0 aliphatic heterocycles. The van der Waals surface area contributed by atoms with E-state index in [0.717, 1.165) is 5.56 Å². The van der Waals surface area contributed by atoms with E-state index < -0.39 is 6.04 Å². The molecule has 0 spiro atoms. The number of ether oxygens (including phenoxy) is 1. The summed E-state index contributed by atoms with van der Waals surface area (Å²) in [6.07, 6.45) is 3.30. The second-order valence-electron chi connectivity index (χ2n) is 4.89. The van der Waals surface area contributed by atoms with Crippen molar-refractivity contribution in [2.24, 2.45) is 5.84 Å². The fourth-order valence-electron chi connectivity index (χ4n) is 2.03. The number of hydrogen-bond acceptors (Lipinski definition) is 4. The zero-order chi connectivity index (χ0) is 15.4. The first-order valence-electron chi connectivity index (χ1n) is 6.54. The highest BCUT2D eigenvalue weighted by Crippen LogP contribution is 2.27. The average molecular weight is 354 g/mol. The van der Waals surface area contributed by atoms with Crippen LogP contribution >= 0.6 is 15.9 Å². The number of aromatic nitrogens is 1. The predicted octanol–water partition coefficient (Wildman–Crippen LogP) is 3.32. The molecule has 4 nitrogen and oxygen atoms in total. The molecule has 0 fully saturated rings. The highest BCUT2D eigenvalue weighted by molar-refractivity contribution is 9.10. The van der Waals surface area contributed by atoms with Crippen molar-refractivity contribution in [3.63, 3.8) is 0 Å². The van der Waals surface area contributed by atoms with Gasteiger partial charge in [-0.3, -0.25) is 10.8 Å². The summed E-state index contributed by atoms with van der Waals surface area (Å²) in [5.74, 6) is 5.88. The lowest BCUT2D eigenvalue weighted by Gasteiger charge is -2.18. The average Bonchev–Trinajstić information content (AvgIpc) is 2.41. The van der Waals surface area contributed by atoms with E-state index in [1.54, 1.807) is 30.6 Å². The Morgan fingerprint density at radius 2 is 2.05 bits per heavy atom. The minimum atomic E-state index is -0.499. The van der Waals surface area contributed by atoms with Crippen molar-refractivity contribution >= 4 is 15.9 Å². The molecule has 2 rings (SSSR count). The Bertz CT molecular complexity index is 622. The summed E-state index contributed by atoms with van der Waals surface area (Å²) in [7, 11) is 0. The van der Waals surface area contributed by atoms with E-state index in [9.17, 15) is 4.39 Å². The minimum absolute atomic E-state index is 0.0377. The summed E-state index contributed by atoms with van der Waals surface area (Å²) < 4.78 is 20.4. The van der Waals surface area contributed by atoms with Gasteiger partial charge < -0.3 is 4.74 Å². The lowest BCUT2D eigenvalue weighted by atomic mass is 10.0. The fraction of sp³-hybridized carbons (Fsp3) is 0.267. The van der Waals surface area contributed by atoms with E-state index in [4.69, 9.17) is 10.6 Å². The number of benzene rings is 1. The van der Waals surface area contributed by atoms with E-state index in [0.29, 0.717) is 15.8 Å². The molecule has 3 N–H and O–H groups in total. The molecule has 1 heterocycles. The van der Waals surface area contributed by atoms with Crippen LogP contribution in [0.15, 0.2) is 41.1 Å². The monoisotopic (exact) mass is 353 g/mol. The number of hydrogen-bond donors (Lipinski definition) is 2. The van der Waals surface area contributed by atoms with Crippen LogP contribution in [0.25, 0.3) is 0 Å². The third kappa shape index (κ3) is 4.00. The summed E-state index contributed by atoms with van der Waals surface area (Å²) in [4.78, 5) is 4.13. The summed E-state index contributed by atoms with van der Waals surface area (Å²) in [5.41, 5.74) is 3.81. The summed E-state index contributed by atoms with van der Waals surface area (Å²) >= 11 is 3.24. The van der Waals surface area contributed by atoms with E-state index in [1.165, 1.54) is 6.07 Å². The Hall–Kier alpha value is -1.50. The van der Waals surface area contributed by atoms with Crippen LogP contribution in [0.1, 0.15) is 31.0 Å². The van der Waals surface area contributed by atoms with Crippen molar-refractivity contribution in [2.45, 2.75) is 26.0 Å². The van der Waals surface area contributed by atoms with E-state index >= 15 is 0 Å². The number of nitrogens with zero attached hydrogens (tertiary/aromatic N) is 1. The van der Waals surface area contributed by atoms with Crippen molar-refractivity contribution in [3.8, 4) is 5.75 Å². The Morgan fingerprint density at radius 3 is 2.67 bits per heavy atom. The van der Waals surface area contributed by atoms with Crippen LogP contribution in [0, 0.1) is 5.82 Å². The van der Waals surface area contributed by atoms with Crippen molar-refractivity contribution in [1.82, 2.24) is 10.4 Å². The van der Waals surface area contributed by atoms with E-state index in [2.05, 4.69) is 26.3 Å². The molecule has 1 aromatic heterocycles. The number of pyridine rings is 1. The van der Waals surface area contributed by atoms with Gasteiger partial charge in [-0.05, 0) is 37.6 Å². The van der Waals surface area contributed by atoms with Gasteiger partial charge in [-0.15, -0.1) is 0 Å². The third-order valence-electron chi connectivity index (χ3n) is 2.88. The van der Waals surface area contributed by atoms with Crippen molar-refractivity contribution in [2.75, 3.05) is 0 Å². The predicted molar refractivity (Wildman–Crippen MR) is 83.3 cm³/mol. The molecule has 0 radical (unpaired) electrons. The van der Waals surface area contributed by atoms with Crippen LogP contribution in [0.4, 0.5) is 4.39 Å². The molecule has 0 bridgehead atoms. The second-order valence-corrected chi connectivity index (χ2v) is 5.80. The fourth-order valence-corrected chi connectivity index (χ4v) is 2.36. The van der Waals surface area contributed by atoms with E-state index in [-0.39, 0.29) is 11.9 Å². The van der Waals surface area contributed by atoms with Crippen LogP contribution in [-0.4, -0.2) is 11.1 Å². The normalized spacial score (nSPS) is 12.5. The standard InChI is InChI=1S/C15H17BrFN3O/c1-9(2)21-12-5-10(7-19-8-12)15(20-18)13-4-3-11(16)6-14(13)17/h3-9,15,20H,18H2,1-2H3. The molecule has 1 aromatic carbocycles. The lowest BCUT2D eigenvalue weighted by molar-refractivity contribution is 0.241. The number of hydrazine groups is 1. The SMILES string of the molecule is CC(C)Oc1cncc(C(NN)c2ccc(Br)cc2F)c1.